The molecule has 110 valence electrons. The third kappa shape index (κ3) is 3.72. The number of carbonyl (C=O) groups is 1. The first-order chi connectivity index (χ1) is 9.61. The van der Waals surface area contributed by atoms with Crippen molar-refractivity contribution < 1.29 is 9.90 Å². The molecule has 1 aliphatic heterocycles. The standard InChI is InChI=1S/C15H21ClN2O2/c1-11-6-8-18(14(11)10-19)9-7-15(20)17-13-5-3-2-4-12(13)16/h2-5,11,14,19H,6-10H2,1H3,(H,17,20). The van der Waals surface area contributed by atoms with E-state index in [0.29, 0.717) is 29.6 Å². The van der Waals surface area contributed by atoms with Crippen molar-refractivity contribution in [1.82, 2.24) is 4.90 Å². The van der Waals surface area contributed by atoms with Crippen molar-refractivity contribution in [3.8, 4) is 0 Å². The number of halogens is 1. The number of carbonyl (C=O) groups excluding carboxylic acids is 1. The van der Waals surface area contributed by atoms with Gasteiger partial charge < -0.3 is 10.4 Å². The summed E-state index contributed by atoms with van der Waals surface area (Å²) in [6.07, 6.45) is 1.49. The van der Waals surface area contributed by atoms with Crippen LogP contribution in [0.1, 0.15) is 19.8 Å². The van der Waals surface area contributed by atoms with Crippen molar-refractivity contribution in [3.05, 3.63) is 29.3 Å². The van der Waals surface area contributed by atoms with Crippen LogP contribution in [0.25, 0.3) is 0 Å². The predicted octanol–water partition coefficient (Wildman–Crippen LogP) is 2.37. The summed E-state index contributed by atoms with van der Waals surface area (Å²) in [5, 5.41) is 12.7. The Labute approximate surface area is 124 Å². The van der Waals surface area contributed by atoms with Crippen LogP contribution in [0, 0.1) is 5.92 Å². The maximum absolute atomic E-state index is 11.9. The number of nitrogens with zero attached hydrogens (tertiary/aromatic N) is 1. The van der Waals surface area contributed by atoms with Crippen molar-refractivity contribution in [2.75, 3.05) is 25.0 Å². The lowest BCUT2D eigenvalue weighted by atomic mass is 10.0. The van der Waals surface area contributed by atoms with Crippen LogP contribution < -0.4 is 5.32 Å². The molecule has 1 fully saturated rings. The average molecular weight is 297 g/mol. The Hall–Kier alpha value is -1.10. The van der Waals surface area contributed by atoms with Gasteiger partial charge in [-0.3, -0.25) is 9.69 Å². The molecule has 2 N–H and O–H groups in total. The van der Waals surface area contributed by atoms with Gasteiger partial charge >= 0.3 is 0 Å². The Balaban J connectivity index is 1.82. The number of likely N-dealkylation sites (tertiary alicyclic amines) is 1. The zero-order valence-corrected chi connectivity index (χ0v) is 12.4. The number of benzene rings is 1. The smallest absolute Gasteiger partial charge is 0.225 e. The summed E-state index contributed by atoms with van der Waals surface area (Å²) in [5.41, 5.74) is 0.646. The zero-order chi connectivity index (χ0) is 14.5. The second-order valence-electron chi connectivity index (χ2n) is 5.33. The minimum atomic E-state index is -0.0469. The number of para-hydroxylation sites is 1. The number of amides is 1. The molecular weight excluding hydrogens is 276 g/mol. The van der Waals surface area contributed by atoms with E-state index in [4.69, 9.17) is 11.6 Å². The molecule has 0 radical (unpaired) electrons. The van der Waals surface area contributed by atoms with Crippen molar-refractivity contribution in [2.24, 2.45) is 5.92 Å². The van der Waals surface area contributed by atoms with E-state index < -0.39 is 0 Å². The average Bonchev–Trinajstić information content (AvgIpc) is 2.79. The second-order valence-corrected chi connectivity index (χ2v) is 5.74. The van der Waals surface area contributed by atoms with E-state index in [-0.39, 0.29) is 18.6 Å². The van der Waals surface area contributed by atoms with Crippen LogP contribution in [0.15, 0.2) is 24.3 Å². The van der Waals surface area contributed by atoms with Crippen LogP contribution in [0.4, 0.5) is 5.69 Å². The van der Waals surface area contributed by atoms with Crippen molar-refractivity contribution >= 4 is 23.2 Å². The molecule has 2 unspecified atom stereocenters. The summed E-state index contributed by atoms with van der Waals surface area (Å²) >= 11 is 6.00. The van der Waals surface area contributed by atoms with Gasteiger partial charge in [-0.05, 0) is 31.0 Å². The SMILES string of the molecule is CC1CCN(CCC(=O)Nc2ccccc2Cl)C1CO. The first-order valence-corrected chi connectivity index (χ1v) is 7.39. The maximum Gasteiger partial charge on any atom is 0.225 e. The topological polar surface area (TPSA) is 52.6 Å². The van der Waals surface area contributed by atoms with Crippen LogP contribution in [0.5, 0.6) is 0 Å². The lowest BCUT2D eigenvalue weighted by Gasteiger charge is -2.24. The van der Waals surface area contributed by atoms with E-state index in [0.717, 1.165) is 13.0 Å². The van der Waals surface area contributed by atoms with E-state index in [1.54, 1.807) is 12.1 Å². The fourth-order valence-electron chi connectivity index (χ4n) is 2.68. The van der Waals surface area contributed by atoms with Gasteiger partial charge in [-0.25, -0.2) is 0 Å². The van der Waals surface area contributed by atoms with Gasteiger partial charge in [-0.15, -0.1) is 0 Å². The third-order valence-electron chi connectivity index (χ3n) is 3.96. The Morgan fingerprint density at radius 2 is 2.25 bits per heavy atom. The van der Waals surface area contributed by atoms with E-state index in [1.165, 1.54) is 0 Å². The largest absolute Gasteiger partial charge is 0.395 e. The van der Waals surface area contributed by atoms with Gasteiger partial charge in [0.05, 0.1) is 17.3 Å². The van der Waals surface area contributed by atoms with Crippen LogP contribution in [-0.4, -0.2) is 41.7 Å². The molecule has 0 saturated carbocycles. The number of aliphatic hydroxyl groups excluding tert-OH is 1. The molecule has 1 amide bonds. The maximum atomic E-state index is 11.9. The molecular formula is C15H21ClN2O2. The summed E-state index contributed by atoms with van der Waals surface area (Å²) in [7, 11) is 0. The van der Waals surface area contributed by atoms with Gasteiger partial charge in [-0.2, -0.15) is 0 Å². The molecule has 0 aliphatic carbocycles. The van der Waals surface area contributed by atoms with Gasteiger partial charge in [0.25, 0.3) is 0 Å². The molecule has 2 rings (SSSR count). The fraction of sp³-hybridized carbons (Fsp3) is 0.533. The molecule has 1 aromatic rings. The van der Waals surface area contributed by atoms with Crippen molar-refractivity contribution in [3.63, 3.8) is 0 Å². The highest BCUT2D eigenvalue weighted by molar-refractivity contribution is 6.33. The van der Waals surface area contributed by atoms with Gasteiger partial charge in [-0.1, -0.05) is 30.7 Å². The lowest BCUT2D eigenvalue weighted by molar-refractivity contribution is -0.116. The quantitative estimate of drug-likeness (QED) is 0.877. The number of aliphatic hydroxyl groups is 1. The summed E-state index contributed by atoms with van der Waals surface area (Å²) in [6.45, 7) is 3.93. The number of rotatable bonds is 5. The highest BCUT2D eigenvalue weighted by Crippen LogP contribution is 2.24. The summed E-state index contributed by atoms with van der Waals surface area (Å²) in [6, 6.07) is 7.39. The lowest BCUT2D eigenvalue weighted by Crippen LogP contribution is -2.37. The molecule has 20 heavy (non-hydrogen) atoms. The molecule has 2 atom stereocenters. The Kier molecular flexibility index (Phi) is 5.40. The minimum absolute atomic E-state index is 0.0469. The first kappa shape index (κ1) is 15.3. The van der Waals surface area contributed by atoms with Gasteiger partial charge in [0.2, 0.25) is 5.91 Å². The summed E-state index contributed by atoms with van der Waals surface area (Å²) in [4.78, 5) is 14.1. The molecule has 1 aromatic carbocycles. The van der Waals surface area contributed by atoms with E-state index in [1.807, 2.05) is 12.1 Å². The summed E-state index contributed by atoms with van der Waals surface area (Å²) in [5.74, 6) is 0.445. The molecule has 1 aliphatic rings. The van der Waals surface area contributed by atoms with Gasteiger partial charge in [0.1, 0.15) is 0 Å². The van der Waals surface area contributed by atoms with Crippen molar-refractivity contribution in [2.45, 2.75) is 25.8 Å². The first-order valence-electron chi connectivity index (χ1n) is 7.01. The molecule has 0 aromatic heterocycles. The molecule has 1 saturated heterocycles. The van der Waals surface area contributed by atoms with E-state index >= 15 is 0 Å². The number of anilines is 1. The third-order valence-corrected chi connectivity index (χ3v) is 4.29. The van der Waals surface area contributed by atoms with E-state index in [2.05, 4.69) is 17.1 Å². The van der Waals surface area contributed by atoms with Crippen LogP contribution in [-0.2, 0) is 4.79 Å². The number of nitrogens with one attached hydrogen (secondary N) is 1. The minimum Gasteiger partial charge on any atom is -0.395 e. The normalized spacial score (nSPS) is 22.9. The second kappa shape index (κ2) is 7.07. The Morgan fingerprint density at radius 3 is 2.95 bits per heavy atom. The number of hydrogen-bond acceptors (Lipinski definition) is 3. The molecule has 4 nitrogen and oxygen atoms in total. The van der Waals surface area contributed by atoms with Gasteiger partial charge in [0.15, 0.2) is 0 Å². The molecule has 5 heteroatoms. The Morgan fingerprint density at radius 1 is 1.50 bits per heavy atom. The Bertz CT molecular complexity index is 467. The molecule has 1 heterocycles. The molecule has 0 bridgehead atoms. The van der Waals surface area contributed by atoms with E-state index in [9.17, 15) is 9.90 Å². The predicted molar refractivity (Wildman–Crippen MR) is 80.9 cm³/mol. The number of hydrogen-bond donors (Lipinski definition) is 2. The fourth-order valence-corrected chi connectivity index (χ4v) is 2.86. The van der Waals surface area contributed by atoms with Crippen LogP contribution in [0.3, 0.4) is 0 Å². The highest BCUT2D eigenvalue weighted by Gasteiger charge is 2.30. The zero-order valence-electron chi connectivity index (χ0n) is 11.7. The van der Waals surface area contributed by atoms with Crippen LogP contribution in [0.2, 0.25) is 5.02 Å². The van der Waals surface area contributed by atoms with Crippen LogP contribution >= 0.6 is 11.6 Å². The highest BCUT2D eigenvalue weighted by atomic mass is 35.5. The monoisotopic (exact) mass is 296 g/mol. The summed E-state index contributed by atoms with van der Waals surface area (Å²) < 4.78 is 0. The van der Waals surface area contributed by atoms with Crippen molar-refractivity contribution in [1.29, 1.82) is 0 Å². The molecule has 0 spiro atoms. The van der Waals surface area contributed by atoms with Gasteiger partial charge in [0, 0.05) is 19.0 Å².